The first-order chi connectivity index (χ1) is 13.2. The van der Waals surface area contributed by atoms with Gasteiger partial charge < -0.3 is 19.4 Å². The molecule has 4 rings (SSSR count). The predicted octanol–water partition coefficient (Wildman–Crippen LogP) is 3.58. The number of hydrogen-bond donors (Lipinski definition) is 1. The highest BCUT2D eigenvalue weighted by atomic mass is 35.5. The van der Waals surface area contributed by atoms with Crippen molar-refractivity contribution in [3.8, 4) is 5.75 Å². The van der Waals surface area contributed by atoms with Crippen LogP contribution in [0.3, 0.4) is 0 Å². The molecule has 1 N–H and O–H groups in total. The molecule has 0 saturated carbocycles. The number of benzene rings is 1. The molecule has 1 aliphatic heterocycles. The molecule has 0 bridgehead atoms. The van der Waals surface area contributed by atoms with E-state index in [2.05, 4.69) is 10.3 Å². The number of aromatic nitrogens is 2. The average Bonchev–Trinajstić information content (AvgIpc) is 3.33. The number of carbonyl (C=O) groups is 1. The van der Waals surface area contributed by atoms with Gasteiger partial charge in [0.1, 0.15) is 18.0 Å². The van der Waals surface area contributed by atoms with Crippen molar-refractivity contribution in [1.82, 2.24) is 19.6 Å². The maximum atomic E-state index is 12.9. The van der Waals surface area contributed by atoms with Crippen molar-refractivity contribution in [2.75, 3.05) is 20.1 Å². The summed E-state index contributed by atoms with van der Waals surface area (Å²) in [6.07, 6.45) is 6.03. The van der Waals surface area contributed by atoms with Gasteiger partial charge in [0, 0.05) is 37.1 Å². The molecule has 156 valence electrons. The fourth-order valence-electron chi connectivity index (χ4n) is 3.65. The molecule has 1 aromatic carbocycles. The molecule has 1 aliphatic rings. The number of nitrogens with zero attached hydrogens (tertiary/aromatic N) is 3. The Balaban J connectivity index is 0.00000150. The maximum Gasteiger partial charge on any atom is 0.254 e. The van der Waals surface area contributed by atoms with Crippen LogP contribution in [-0.2, 0) is 6.61 Å². The third-order valence-corrected chi connectivity index (χ3v) is 4.96. The smallest absolute Gasteiger partial charge is 0.254 e. The summed E-state index contributed by atoms with van der Waals surface area (Å²) in [4.78, 5) is 19.4. The summed E-state index contributed by atoms with van der Waals surface area (Å²) in [6.45, 7) is 2.01. The lowest BCUT2D eigenvalue weighted by Crippen LogP contribution is -2.40. The summed E-state index contributed by atoms with van der Waals surface area (Å²) < 4.78 is 7.86. The summed E-state index contributed by atoms with van der Waals surface area (Å²) in [5.74, 6) is 0.758. The normalized spacial score (nSPS) is 15.6. The Morgan fingerprint density at radius 2 is 2.10 bits per heavy atom. The highest BCUT2D eigenvalue weighted by Crippen LogP contribution is 2.22. The average molecular weight is 437 g/mol. The molecule has 0 aliphatic carbocycles. The molecule has 3 aromatic rings. The van der Waals surface area contributed by atoms with Crippen molar-refractivity contribution in [3.63, 3.8) is 0 Å². The van der Waals surface area contributed by atoms with E-state index in [1.165, 1.54) is 0 Å². The molecule has 3 heterocycles. The van der Waals surface area contributed by atoms with E-state index in [0.29, 0.717) is 17.9 Å². The fraction of sp³-hybridized carbons (Fsp3) is 0.333. The summed E-state index contributed by atoms with van der Waals surface area (Å²) >= 11 is 0. The minimum absolute atomic E-state index is 0. The third kappa shape index (κ3) is 5.21. The summed E-state index contributed by atoms with van der Waals surface area (Å²) in [6, 6.07) is 13.6. The molecule has 2 aromatic heterocycles. The zero-order valence-corrected chi connectivity index (χ0v) is 17.9. The molecule has 1 unspecified atom stereocenters. The van der Waals surface area contributed by atoms with Crippen molar-refractivity contribution in [3.05, 3.63) is 66.1 Å². The Bertz CT molecular complexity index is 914. The van der Waals surface area contributed by atoms with E-state index in [1.54, 1.807) is 0 Å². The second-order valence-corrected chi connectivity index (χ2v) is 6.87. The first kappa shape index (κ1) is 23.0. The monoisotopic (exact) mass is 436 g/mol. The molecule has 1 fully saturated rings. The summed E-state index contributed by atoms with van der Waals surface area (Å²) in [5, 5.41) is 3.18. The highest BCUT2D eigenvalue weighted by molar-refractivity contribution is 5.95. The molecule has 0 spiro atoms. The number of rotatable bonds is 6. The van der Waals surface area contributed by atoms with E-state index in [1.807, 2.05) is 71.2 Å². The lowest BCUT2D eigenvalue weighted by molar-refractivity contribution is 0.0736. The van der Waals surface area contributed by atoms with Crippen LogP contribution in [0.4, 0.5) is 0 Å². The van der Waals surface area contributed by atoms with Crippen molar-refractivity contribution >= 4 is 36.4 Å². The Labute approximate surface area is 183 Å². The van der Waals surface area contributed by atoms with E-state index < -0.39 is 0 Å². The number of fused-ring (bicyclic) bond motifs is 1. The van der Waals surface area contributed by atoms with Crippen molar-refractivity contribution < 1.29 is 9.53 Å². The van der Waals surface area contributed by atoms with E-state index in [9.17, 15) is 4.79 Å². The highest BCUT2D eigenvalue weighted by Gasteiger charge is 2.28. The van der Waals surface area contributed by atoms with Crippen LogP contribution in [0.1, 0.15) is 28.9 Å². The molecule has 29 heavy (non-hydrogen) atoms. The van der Waals surface area contributed by atoms with Gasteiger partial charge in [-0.05, 0) is 50.2 Å². The number of pyridine rings is 1. The van der Waals surface area contributed by atoms with Crippen molar-refractivity contribution in [1.29, 1.82) is 0 Å². The zero-order valence-electron chi connectivity index (χ0n) is 16.3. The number of likely N-dealkylation sites (N-methyl/N-ethyl adjacent to an activating group) is 1. The van der Waals surface area contributed by atoms with Gasteiger partial charge in [-0.1, -0.05) is 12.1 Å². The molecule has 1 atom stereocenters. The predicted molar refractivity (Wildman–Crippen MR) is 118 cm³/mol. The van der Waals surface area contributed by atoms with Gasteiger partial charge in [-0.3, -0.25) is 4.79 Å². The number of likely N-dealkylation sites (tertiary alicyclic amines) is 1. The van der Waals surface area contributed by atoms with Gasteiger partial charge in [0.15, 0.2) is 0 Å². The SMILES string of the molecule is CNCC1CCCN1C(=O)c1cccc(OCc2cn3ccccc3n2)c1.Cl.Cl. The van der Waals surface area contributed by atoms with E-state index in [4.69, 9.17) is 4.74 Å². The van der Waals surface area contributed by atoms with Crippen LogP contribution in [0.25, 0.3) is 5.65 Å². The maximum absolute atomic E-state index is 12.9. The van der Waals surface area contributed by atoms with Gasteiger partial charge in [0.2, 0.25) is 0 Å². The first-order valence-electron chi connectivity index (χ1n) is 9.35. The minimum atomic E-state index is 0. The van der Waals surface area contributed by atoms with E-state index in [0.717, 1.165) is 37.3 Å². The Hall–Kier alpha value is -2.28. The molecule has 1 saturated heterocycles. The number of nitrogens with one attached hydrogen (secondary N) is 1. The lowest BCUT2D eigenvalue weighted by Gasteiger charge is -2.24. The quantitative estimate of drug-likeness (QED) is 0.641. The number of carbonyl (C=O) groups excluding carboxylic acids is 1. The third-order valence-electron chi connectivity index (χ3n) is 4.96. The molecular formula is C21H26Cl2N4O2. The van der Waals surface area contributed by atoms with Gasteiger partial charge in [0.05, 0.1) is 5.69 Å². The van der Waals surface area contributed by atoms with Crippen LogP contribution >= 0.6 is 24.8 Å². The van der Waals surface area contributed by atoms with Crippen LogP contribution in [-0.4, -0.2) is 46.4 Å². The Morgan fingerprint density at radius 3 is 2.90 bits per heavy atom. The number of halogens is 2. The fourth-order valence-corrected chi connectivity index (χ4v) is 3.65. The van der Waals surface area contributed by atoms with Crippen molar-refractivity contribution in [2.24, 2.45) is 0 Å². The zero-order chi connectivity index (χ0) is 18.6. The second kappa shape index (κ2) is 10.5. The molecule has 6 nitrogen and oxygen atoms in total. The second-order valence-electron chi connectivity index (χ2n) is 6.87. The van der Waals surface area contributed by atoms with E-state index >= 15 is 0 Å². The number of imidazole rings is 1. The first-order valence-corrected chi connectivity index (χ1v) is 9.35. The molecule has 8 heteroatoms. The van der Waals surface area contributed by atoms with E-state index in [-0.39, 0.29) is 36.8 Å². The van der Waals surface area contributed by atoms with Crippen LogP contribution < -0.4 is 10.1 Å². The Morgan fingerprint density at radius 1 is 1.24 bits per heavy atom. The van der Waals surface area contributed by atoms with Gasteiger partial charge >= 0.3 is 0 Å². The summed E-state index contributed by atoms with van der Waals surface area (Å²) in [7, 11) is 1.93. The summed E-state index contributed by atoms with van der Waals surface area (Å²) in [5.41, 5.74) is 2.42. The number of amides is 1. The minimum Gasteiger partial charge on any atom is -0.487 e. The van der Waals surface area contributed by atoms with Gasteiger partial charge in [-0.25, -0.2) is 4.98 Å². The molecule has 1 amide bonds. The van der Waals surface area contributed by atoms with Gasteiger partial charge in [-0.15, -0.1) is 24.8 Å². The Kier molecular flexibility index (Phi) is 8.32. The standard InChI is InChI=1S/C21H24N4O2.2ClH/c1-22-13-18-7-5-11-25(18)21(26)16-6-4-8-19(12-16)27-15-17-14-24-10-3-2-9-20(24)23-17;;/h2-4,6,8-10,12,14,18,22H,5,7,11,13,15H2,1H3;2*1H. The topological polar surface area (TPSA) is 58.9 Å². The lowest BCUT2D eigenvalue weighted by atomic mass is 10.1. The van der Waals surface area contributed by atoms with Gasteiger partial charge in [-0.2, -0.15) is 0 Å². The molecule has 0 radical (unpaired) electrons. The van der Waals surface area contributed by atoms with Crippen LogP contribution in [0.2, 0.25) is 0 Å². The van der Waals surface area contributed by atoms with Crippen LogP contribution in [0.5, 0.6) is 5.75 Å². The number of ether oxygens (including phenoxy) is 1. The molecular weight excluding hydrogens is 411 g/mol. The number of hydrogen-bond acceptors (Lipinski definition) is 4. The largest absolute Gasteiger partial charge is 0.487 e. The van der Waals surface area contributed by atoms with Crippen molar-refractivity contribution in [2.45, 2.75) is 25.5 Å². The van der Waals surface area contributed by atoms with Crippen LogP contribution in [0, 0.1) is 0 Å². The van der Waals surface area contributed by atoms with Gasteiger partial charge in [0.25, 0.3) is 5.91 Å². The van der Waals surface area contributed by atoms with Crippen LogP contribution in [0.15, 0.2) is 54.9 Å².